The van der Waals surface area contributed by atoms with Gasteiger partial charge in [-0.1, -0.05) is 47.0 Å². The van der Waals surface area contributed by atoms with Gasteiger partial charge in [0.1, 0.15) is 0 Å². The summed E-state index contributed by atoms with van der Waals surface area (Å²) in [5.41, 5.74) is 0.393. The smallest absolute Gasteiger partial charge is 0.0540 e. The van der Waals surface area contributed by atoms with Crippen LogP contribution < -0.4 is 0 Å². The van der Waals surface area contributed by atoms with E-state index in [4.69, 9.17) is 0 Å². The summed E-state index contributed by atoms with van der Waals surface area (Å²) < 4.78 is 0. The molecule has 5 aliphatic carbocycles. The number of aliphatic hydroxyl groups is 2. The van der Waals surface area contributed by atoms with Gasteiger partial charge in [0.15, 0.2) is 0 Å². The van der Waals surface area contributed by atoms with Crippen molar-refractivity contribution in [2.24, 2.45) is 40.9 Å². The highest BCUT2D eigenvalue weighted by Crippen LogP contribution is 2.54. The molecule has 5 rings (SSSR count). The van der Waals surface area contributed by atoms with Crippen molar-refractivity contribution in [2.45, 2.75) is 193 Å². The van der Waals surface area contributed by atoms with Crippen molar-refractivity contribution in [3.8, 4) is 0 Å². The Kier molecular flexibility index (Phi) is 11.0. The quantitative estimate of drug-likeness (QED) is 0.313. The number of hydrogen-bond acceptors (Lipinski definition) is 3. The van der Waals surface area contributed by atoms with Crippen LogP contribution in [0.4, 0.5) is 0 Å². The van der Waals surface area contributed by atoms with Gasteiger partial charge in [0, 0.05) is 18.1 Å². The van der Waals surface area contributed by atoms with E-state index in [-0.39, 0.29) is 12.2 Å². The zero-order valence-electron chi connectivity index (χ0n) is 27.0. The van der Waals surface area contributed by atoms with Crippen LogP contribution in [0.2, 0.25) is 0 Å². The average molecular weight is 558 g/mol. The summed E-state index contributed by atoms with van der Waals surface area (Å²) in [6.07, 6.45) is 27.5. The Morgan fingerprint density at radius 2 is 1.12 bits per heavy atom. The first kappa shape index (κ1) is 31.3. The Bertz CT molecular complexity index is 717. The van der Waals surface area contributed by atoms with Crippen LogP contribution in [0.3, 0.4) is 0 Å². The Hall–Kier alpha value is -0.120. The van der Waals surface area contributed by atoms with E-state index >= 15 is 0 Å². The molecule has 0 aliphatic heterocycles. The van der Waals surface area contributed by atoms with Gasteiger partial charge in [0.2, 0.25) is 0 Å². The zero-order valence-corrected chi connectivity index (χ0v) is 27.0. The van der Waals surface area contributed by atoms with Gasteiger partial charge in [-0.25, -0.2) is 0 Å². The molecule has 0 spiro atoms. The summed E-state index contributed by atoms with van der Waals surface area (Å²) in [6.45, 7) is 10.1. The number of aliphatic hydroxyl groups excluding tert-OH is 2. The predicted molar refractivity (Wildman–Crippen MR) is 168 cm³/mol. The Balaban J connectivity index is 1.26. The van der Waals surface area contributed by atoms with E-state index in [2.05, 4.69) is 32.6 Å². The van der Waals surface area contributed by atoms with Crippen molar-refractivity contribution in [1.29, 1.82) is 0 Å². The summed E-state index contributed by atoms with van der Waals surface area (Å²) in [6, 6.07) is 2.50. The highest BCUT2D eigenvalue weighted by Gasteiger charge is 2.46. The Labute approximate surface area is 248 Å². The Morgan fingerprint density at radius 3 is 1.68 bits per heavy atom. The van der Waals surface area contributed by atoms with Gasteiger partial charge in [0.25, 0.3) is 0 Å². The molecule has 0 aromatic carbocycles. The molecule has 0 aromatic rings. The van der Waals surface area contributed by atoms with Crippen molar-refractivity contribution >= 4 is 0 Å². The molecule has 2 N–H and O–H groups in total. The van der Waals surface area contributed by atoms with Crippen LogP contribution in [0.5, 0.6) is 0 Å². The Morgan fingerprint density at radius 1 is 0.575 bits per heavy atom. The first-order valence-corrected chi connectivity index (χ1v) is 18.4. The molecular formula is C37H67NO2. The molecule has 5 fully saturated rings. The second-order valence-corrected chi connectivity index (χ2v) is 16.4. The third-order valence-electron chi connectivity index (χ3n) is 14.0. The molecular weight excluding hydrogens is 490 g/mol. The van der Waals surface area contributed by atoms with Crippen molar-refractivity contribution < 1.29 is 10.2 Å². The largest absolute Gasteiger partial charge is 0.393 e. The summed E-state index contributed by atoms with van der Waals surface area (Å²) in [4.78, 5) is 3.19. The van der Waals surface area contributed by atoms with Crippen LogP contribution in [0.1, 0.15) is 163 Å². The van der Waals surface area contributed by atoms with Crippen LogP contribution in [0.25, 0.3) is 0 Å². The minimum absolute atomic E-state index is 0.0623. The van der Waals surface area contributed by atoms with E-state index in [1.54, 1.807) is 0 Å². The molecule has 0 heterocycles. The van der Waals surface area contributed by atoms with Gasteiger partial charge in [0.05, 0.1) is 12.2 Å². The number of rotatable bonds is 8. The molecule has 232 valence electrons. The van der Waals surface area contributed by atoms with E-state index in [1.165, 1.54) is 109 Å². The average Bonchev–Trinajstić information content (AvgIpc) is 2.96. The minimum Gasteiger partial charge on any atom is -0.393 e. The molecule has 5 aliphatic rings. The third-order valence-corrected chi connectivity index (χ3v) is 14.0. The zero-order chi connectivity index (χ0) is 28.3. The van der Waals surface area contributed by atoms with Gasteiger partial charge >= 0.3 is 0 Å². The van der Waals surface area contributed by atoms with Gasteiger partial charge in [-0.3, -0.25) is 4.90 Å². The van der Waals surface area contributed by atoms with E-state index in [0.29, 0.717) is 5.41 Å². The molecule has 5 atom stereocenters. The summed E-state index contributed by atoms with van der Waals surface area (Å²) in [5, 5.41) is 20.6. The highest BCUT2D eigenvalue weighted by atomic mass is 16.3. The second kappa shape index (κ2) is 14.1. The van der Waals surface area contributed by atoms with E-state index < -0.39 is 0 Å². The lowest BCUT2D eigenvalue weighted by molar-refractivity contribution is -0.0376. The molecule has 0 bridgehead atoms. The van der Waals surface area contributed by atoms with Crippen molar-refractivity contribution in [3.05, 3.63) is 0 Å². The molecule has 40 heavy (non-hydrogen) atoms. The monoisotopic (exact) mass is 558 g/mol. The molecule has 5 unspecified atom stereocenters. The van der Waals surface area contributed by atoms with Crippen molar-refractivity contribution in [1.82, 2.24) is 4.90 Å². The van der Waals surface area contributed by atoms with Gasteiger partial charge < -0.3 is 10.2 Å². The van der Waals surface area contributed by atoms with Crippen LogP contribution >= 0.6 is 0 Å². The standard InChI is InChI=1S/C37H67NO2/c1-5-28-7-6-8-33(24-28)38(34-16-9-26(2)27(3)23-34)32-17-10-29(11-18-32)25-37(4,30-12-19-35(39)20-13-30)31-14-21-36(40)22-15-31/h26-36,39-40H,5-25H2,1-4H3. The lowest BCUT2D eigenvalue weighted by Gasteiger charge is -2.52. The fourth-order valence-electron chi connectivity index (χ4n) is 11.0. The summed E-state index contributed by atoms with van der Waals surface area (Å²) >= 11 is 0. The number of hydrogen-bond donors (Lipinski definition) is 2. The maximum atomic E-state index is 10.3. The van der Waals surface area contributed by atoms with Crippen LogP contribution in [-0.2, 0) is 0 Å². The molecule has 3 nitrogen and oxygen atoms in total. The van der Waals surface area contributed by atoms with E-state index in [0.717, 1.165) is 79.3 Å². The topological polar surface area (TPSA) is 43.7 Å². The minimum atomic E-state index is -0.0623. The third kappa shape index (κ3) is 7.32. The van der Waals surface area contributed by atoms with Gasteiger partial charge in [-0.15, -0.1) is 0 Å². The van der Waals surface area contributed by atoms with Gasteiger partial charge in [-0.05, 0) is 156 Å². The molecule has 0 aromatic heterocycles. The number of nitrogens with zero attached hydrogens (tertiary/aromatic N) is 1. The fourth-order valence-corrected chi connectivity index (χ4v) is 11.0. The van der Waals surface area contributed by atoms with E-state index in [9.17, 15) is 10.2 Å². The first-order chi connectivity index (χ1) is 19.3. The SMILES string of the molecule is CCC1CCCC(N(C2CCC(CC(C)(C3CCC(O)CC3)C3CCC(O)CC3)CC2)C2CCC(C)C(C)C2)C1. The molecule has 0 radical (unpaired) electrons. The molecule has 0 amide bonds. The van der Waals surface area contributed by atoms with Crippen LogP contribution in [0.15, 0.2) is 0 Å². The predicted octanol–water partition coefficient (Wildman–Crippen LogP) is 9.14. The van der Waals surface area contributed by atoms with Crippen molar-refractivity contribution in [2.75, 3.05) is 0 Å². The second-order valence-electron chi connectivity index (χ2n) is 16.4. The molecule has 5 saturated carbocycles. The maximum Gasteiger partial charge on any atom is 0.0540 e. The highest BCUT2D eigenvalue weighted by molar-refractivity contribution is 4.97. The normalized spacial score (nSPS) is 45.2. The van der Waals surface area contributed by atoms with Crippen molar-refractivity contribution in [3.63, 3.8) is 0 Å². The molecule has 0 saturated heterocycles. The summed E-state index contributed by atoms with van der Waals surface area (Å²) in [5.74, 6) is 5.16. The van der Waals surface area contributed by atoms with Crippen LogP contribution in [-0.4, -0.2) is 45.4 Å². The fraction of sp³-hybridized carbons (Fsp3) is 1.00. The lowest BCUT2D eigenvalue weighted by Crippen LogP contribution is -2.54. The lowest BCUT2D eigenvalue weighted by atomic mass is 9.55. The van der Waals surface area contributed by atoms with Crippen LogP contribution in [0, 0.1) is 40.9 Å². The van der Waals surface area contributed by atoms with E-state index in [1.807, 2.05) is 0 Å². The summed E-state index contributed by atoms with van der Waals surface area (Å²) in [7, 11) is 0. The van der Waals surface area contributed by atoms with Gasteiger partial charge in [-0.2, -0.15) is 0 Å². The molecule has 3 heteroatoms. The first-order valence-electron chi connectivity index (χ1n) is 18.4. The maximum absolute atomic E-state index is 10.3.